The van der Waals surface area contributed by atoms with E-state index in [1.54, 1.807) is 6.07 Å². The minimum absolute atomic E-state index is 0.123. The number of aliphatic hydroxyl groups is 1. The first-order valence-electron chi connectivity index (χ1n) is 3.68. The van der Waals surface area contributed by atoms with Gasteiger partial charge < -0.3 is 5.11 Å². The monoisotopic (exact) mass is 265 g/mol. The third-order valence-corrected chi connectivity index (χ3v) is 3.42. The van der Waals surface area contributed by atoms with Crippen LogP contribution in [0.4, 0.5) is 0 Å². The van der Waals surface area contributed by atoms with Crippen molar-refractivity contribution < 1.29 is 13.5 Å². The largest absolute Gasteiger partial charge is 0.392 e. The van der Waals surface area contributed by atoms with Crippen molar-refractivity contribution in [3.05, 3.63) is 28.3 Å². The zero-order valence-electron chi connectivity index (χ0n) is 7.24. The molecule has 1 N–H and O–H groups in total. The molecule has 0 saturated carbocycles. The summed E-state index contributed by atoms with van der Waals surface area (Å²) in [6, 6.07) is 3.91. The molecule has 1 aromatic carbocycles. The Balaban J connectivity index is 3.59. The molecular weight excluding hydrogens is 261 g/mol. The van der Waals surface area contributed by atoms with Crippen LogP contribution in [0.3, 0.4) is 0 Å². The molecule has 0 spiro atoms. The molecule has 0 aliphatic carbocycles. The van der Waals surface area contributed by atoms with Gasteiger partial charge in [0, 0.05) is 15.7 Å². The summed E-state index contributed by atoms with van der Waals surface area (Å²) in [6.45, 7) is -0.427. The van der Waals surface area contributed by atoms with Gasteiger partial charge in [-0.15, -0.1) is 0 Å². The summed E-state index contributed by atoms with van der Waals surface area (Å²) in [5.41, 5.74) is 0.0575. The fourth-order valence-electron chi connectivity index (χ4n) is 1.01. The second kappa shape index (κ2) is 4.37. The fraction of sp³-hybridized carbons (Fsp3) is 0.125. The smallest absolute Gasteiger partial charge is 0.262 e. The highest BCUT2D eigenvalue weighted by atomic mass is 35.7. The van der Waals surface area contributed by atoms with Crippen molar-refractivity contribution in [3.8, 4) is 6.07 Å². The molecule has 7 heteroatoms. The van der Waals surface area contributed by atoms with Gasteiger partial charge in [-0.25, -0.2) is 8.42 Å². The number of nitriles is 1. The van der Waals surface area contributed by atoms with E-state index in [9.17, 15) is 8.42 Å². The highest BCUT2D eigenvalue weighted by molar-refractivity contribution is 8.13. The van der Waals surface area contributed by atoms with Gasteiger partial charge in [0.15, 0.2) is 0 Å². The van der Waals surface area contributed by atoms with Crippen LogP contribution >= 0.6 is 22.3 Å². The van der Waals surface area contributed by atoms with Crippen LogP contribution in [0.2, 0.25) is 5.02 Å². The van der Waals surface area contributed by atoms with E-state index < -0.39 is 15.7 Å². The summed E-state index contributed by atoms with van der Waals surface area (Å²) < 4.78 is 22.2. The zero-order valence-corrected chi connectivity index (χ0v) is 9.57. The zero-order chi connectivity index (χ0) is 11.6. The second-order valence-electron chi connectivity index (χ2n) is 2.65. The number of hydrogen-bond acceptors (Lipinski definition) is 4. The van der Waals surface area contributed by atoms with E-state index in [2.05, 4.69) is 0 Å². The van der Waals surface area contributed by atoms with Crippen molar-refractivity contribution in [2.75, 3.05) is 0 Å². The lowest BCUT2D eigenvalue weighted by atomic mass is 10.1. The maximum atomic E-state index is 11.1. The SMILES string of the molecule is N#Cc1cc(Cl)c(CO)cc1S(=O)(=O)Cl. The van der Waals surface area contributed by atoms with Crippen molar-refractivity contribution in [3.63, 3.8) is 0 Å². The molecule has 15 heavy (non-hydrogen) atoms. The summed E-state index contributed by atoms with van der Waals surface area (Å²) in [5.74, 6) is 0. The number of rotatable bonds is 2. The van der Waals surface area contributed by atoms with Gasteiger partial charge in [-0.1, -0.05) is 11.6 Å². The van der Waals surface area contributed by atoms with E-state index in [0.29, 0.717) is 0 Å². The molecule has 0 aliphatic heterocycles. The highest BCUT2D eigenvalue weighted by Gasteiger charge is 2.18. The Morgan fingerprint density at radius 2 is 2.07 bits per heavy atom. The van der Waals surface area contributed by atoms with Crippen LogP contribution in [0.5, 0.6) is 0 Å². The van der Waals surface area contributed by atoms with Crippen LogP contribution in [0, 0.1) is 11.3 Å². The first-order chi connectivity index (χ1) is 6.90. The quantitative estimate of drug-likeness (QED) is 0.825. The number of nitrogens with zero attached hydrogens (tertiary/aromatic N) is 1. The molecule has 4 nitrogen and oxygen atoms in total. The lowest BCUT2D eigenvalue weighted by molar-refractivity contribution is 0.281. The van der Waals surface area contributed by atoms with Gasteiger partial charge in [0.25, 0.3) is 9.05 Å². The van der Waals surface area contributed by atoms with Crippen LogP contribution in [0.1, 0.15) is 11.1 Å². The van der Waals surface area contributed by atoms with Gasteiger partial charge in [0.05, 0.1) is 12.2 Å². The van der Waals surface area contributed by atoms with Crippen molar-refractivity contribution >= 4 is 31.3 Å². The van der Waals surface area contributed by atoms with E-state index in [1.165, 1.54) is 0 Å². The minimum atomic E-state index is -4.01. The standard InChI is InChI=1S/C8H5Cl2NO3S/c9-7-1-5(3-11)8(15(10,13)14)2-6(7)4-12/h1-2,12H,4H2. The van der Waals surface area contributed by atoms with Crippen LogP contribution in [-0.2, 0) is 15.7 Å². The van der Waals surface area contributed by atoms with Crippen molar-refractivity contribution in [1.82, 2.24) is 0 Å². The van der Waals surface area contributed by atoms with E-state index in [-0.39, 0.29) is 21.0 Å². The maximum absolute atomic E-state index is 11.1. The molecular formula is C8H5Cl2NO3S. The van der Waals surface area contributed by atoms with E-state index in [4.69, 9.17) is 32.7 Å². The molecule has 0 heterocycles. The third-order valence-electron chi connectivity index (χ3n) is 1.70. The number of benzene rings is 1. The van der Waals surface area contributed by atoms with Crippen LogP contribution < -0.4 is 0 Å². The van der Waals surface area contributed by atoms with Crippen molar-refractivity contribution in [2.45, 2.75) is 11.5 Å². The van der Waals surface area contributed by atoms with E-state index >= 15 is 0 Å². The molecule has 0 aromatic heterocycles. The predicted molar refractivity (Wildman–Crippen MR) is 55.1 cm³/mol. The minimum Gasteiger partial charge on any atom is -0.392 e. The second-order valence-corrected chi connectivity index (χ2v) is 5.59. The van der Waals surface area contributed by atoms with Crippen LogP contribution in [-0.4, -0.2) is 13.5 Å². The van der Waals surface area contributed by atoms with E-state index in [1.807, 2.05) is 0 Å². The Hall–Kier alpha value is -0.800. The summed E-state index contributed by atoms with van der Waals surface area (Å²) in [5, 5.41) is 17.7. The molecule has 0 atom stereocenters. The lowest BCUT2D eigenvalue weighted by Gasteiger charge is -2.04. The average Bonchev–Trinajstić information content (AvgIpc) is 2.15. The highest BCUT2D eigenvalue weighted by Crippen LogP contribution is 2.26. The molecule has 0 saturated heterocycles. The summed E-state index contributed by atoms with van der Waals surface area (Å²) >= 11 is 5.68. The topological polar surface area (TPSA) is 78.2 Å². The Morgan fingerprint density at radius 1 is 1.47 bits per heavy atom. The maximum Gasteiger partial charge on any atom is 0.262 e. The van der Waals surface area contributed by atoms with Crippen molar-refractivity contribution in [2.24, 2.45) is 0 Å². The van der Waals surface area contributed by atoms with Gasteiger partial charge in [-0.3, -0.25) is 0 Å². The number of aliphatic hydroxyl groups excluding tert-OH is 1. The van der Waals surface area contributed by atoms with Crippen molar-refractivity contribution in [1.29, 1.82) is 5.26 Å². The van der Waals surface area contributed by atoms with Crippen LogP contribution in [0.25, 0.3) is 0 Å². The molecule has 0 unspecified atom stereocenters. The van der Waals surface area contributed by atoms with Gasteiger partial charge in [0.1, 0.15) is 11.0 Å². The van der Waals surface area contributed by atoms with Gasteiger partial charge >= 0.3 is 0 Å². The molecule has 0 bridgehead atoms. The third kappa shape index (κ3) is 2.61. The summed E-state index contributed by atoms with van der Waals surface area (Å²) in [6.07, 6.45) is 0. The van der Waals surface area contributed by atoms with Gasteiger partial charge in [-0.2, -0.15) is 5.26 Å². The molecule has 0 fully saturated rings. The Morgan fingerprint density at radius 3 is 2.47 bits per heavy atom. The average molecular weight is 266 g/mol. The first-order valence-corrected chi connectivity index (χ1v) is 6.37. The van der Waals surface area contributed by atoms with E-state index in [0.717, 1.165) is 12.1 Å². The fourth-order valence-corrected chi connectivity index (χ4v) is 2.26. The first kappa shape index (κ1) is 12.3. The van der Waals surface area contributed by atoms with Gasteiger partial charge in [-0.05, 0) is 17.7 Å². The lowest BCUT2D eigenvalue weighted by Crippen LogP contribution is -1.98. The molecule has 0 amide bonds. The van der Waals surface area contributed by atoms with Gasteiger partial charge in [0.2, 0.25) is 0 Å². The number of hydrogen-bond donors (Lipinski definition) is 1. The number of halogens is 2. The summed E-state index contributed by atoms with van der Waals surface area (Å²) in [7, 11) is 1.11. The summed E-state index contributed by atoms with van der Waals surface area (Å²) in [4.78, 5) is -0.347. The Bertz CT molecular complexity index is 534. The van der Waals surface area contributed by atoms with Crippen LogP contribution in [0.15, 0.2) is 17.0 Å². The molecule has 0 radical (unpaired) electrons. The normalized spacial score (nSPS) is 11.1. The Labute approximate surface area is 96.1 Å². The predicted octanol–water partition coefficient (Wildman–Crippen LogP) is 1.63. The Kier molecular flexibility index (Phi) is 3.58. The molecule has 1 rings (SSSR count). The molecule has 0 aliphatic rings. The molecule has 1 aromatic rings. The molecule has 80 valence electrons.